The highest BCUT2D eigenvalue weighted by molar-refractivity contribution is 7.89. The molecule has 0 bridgehead atoms. The fourth-order valence-corrected chi connectivity index (χ4v) is 4.66. The Bertz CT molecular complexity index is 1150. The van der Waals surface area contributed by atoms with E-state index in [1.165, 1.54) is 12.1 Å². The molecule has 3 aromatic carbocycles. The molecule has 0 unspecified atom stereocenters. The van der Waals surface area contributed by atoms with Gasteiger partial charge in [-0.25, -0.2) is 8.42 Å². The van der Waals surface area contributed by atoms with Crippen LogP contribution in [0.1, 0.15) is 16.7 Å². The summed E-state index contributed by atoms with van der Waals surface area (Å²) in [6, 6.07) is 20.7. The minimum Gasteiger partial charge on any atom is -0.351 e. The molecule has 3 aromatic rings. The molecule has 162 valence electrons. The maximum absolute atomic E-state index is 13.2. The van der Waals surface area contributed by atoms with Gasteiger partial charge in [0.15, 0.2) is 0 Å². The topological polar surface area (TPSA) is 66.5 Å². The number of sulfonamides is 1. The first kappa shape index (κ1) is 23.3. The molecule has 0 heterocycles. The number of nitrogens with zero attached hydrogens (tertiary/aromatic N) is 1. The van der Waals surface area contributed by atoms with Gasteiger partial charge in [0.1, 0.15) is 0 Å². The van der Waals surface area contributed by atoms with Gasteiger partial charge in [-0.05, 0) is 42.3 Å². The van der Waals surface area contributed by atoms with Crippen molar-refractivity contribution in [2.75, 3.05) is 6.54 Å². The maximum atomic E-state index is 13.2. The standard InChI is InChI=1S/C23H22Cl2N2O3S/c1-17-7-9-18(10-8-17)14-26-23(28)16-27(15-19-11-12-21(24)22(25)13-19)31(29,30)20-5-3-2-4-6-20/h2-13H,14-16H2,1H3,(H,26,28). The Morgan fingerprint density at radius 2 is 1.55 bits per heavy atom. The van der Waals surface area contributed by atoms with E-state index in [4.69, 9.17) is 23.2 Å². The zero-order valence-corrected chi connectivity index (χ0v) is 19.2. The second-order valence-electron chi connectivity index (χ2n) is 7.10. The molecule has 8 heteroatoms. The Morgan fingerprint density at radius 1 is 0.903 bits per heavy atom. The van der Waals surface area contributed by atoms with Gasteiger partial charge in [-0.2, -0.15) is 4.31 Å². The first-order valence-electron chi connectivity index (χ1n) is 9.57. The molecule has 1 amide bonds. The van der Waals surface area contributed by atoms with E-state index in [1.54, 1.807) is 36.4 Å². The third-order valence-electron chi connectivity index (χ3n) is 4.65. The van der Waals surface area contributed by atoms with Crippen LogP contribution in [0, 0.1) is 6.92 Å². The van der Waals surface area contributed by atoms with E-state index in [1.807, 2.05) is 31.2 Å². The van der Waals surface area contributed by atoms with Crippen LogP contribution in [0.4, 0.5) is 0 Å². The van der Waals surface area contributed by atoms with E-state index >= 15 is 0 Å². The number of rotatable bonds is 8. The van der Waals surface area contributed by atoms with Crippen molar-refractivity contribution in [2.24, 2.45) is 0 Å². The summed E-state index contributed by atoms with van der Waals surface area (Å²) in [5, 5.41) is 3.48. The molecular formula is C23H22Cl2N2O3S. The number of nitrogens with one attached hydrogen (secondary N) is 1. The Labute approximate surface area is 192 Å². The third kappa shape index (κ3) is 6.31. The zero-order chi connectivity index (χ0) is 22.4. The van der Waals surface area contributed by atoms with Crippen molar-refractivity contribution >= 4 is 39.1 Å². The molecule has 0 spiro atoms. The van der Waals surface area contributed by atoms with Crippen molar-refractivity contribution in [3.63, 3.8) is 0 Å². The number of carbonyl (C=O) groups excluding carboxylic acids is 1. The highest BCUT2D eigenvalue weighted by atomic mass is 35.5. The van der Waals surface area contributed by atoms with Crippen LogP contribution < -0.4 is 5.32 Å². The van der Waals surface area contributed by atoms with Crippen molar-refractivity contribution in [3.05, 3.63) is 99.5 Å². The summed E-state index contributed by atoms with van der Waals surface area (Å²) < 4.78 is 27.6. The lowest BCUT2D eigenvalue weighted by molar-refractivity contribution is -0.121. The summed E-state index contributed by atoms with van der Waals surface area (Å²) >= 11 is 12.1. The number of hydrogen-bond acceptors (Lipinski definition) is 3. The van der Waals surface area contributed by atoms with E-state index in [2.05, 4.69) is 5.32 Å². The van der Waals surface area contributed by atoms with Crippen LogP contribution >= 0.6 is 23.2 Å². The van der Waals surface area contributed by atoms with Crippen molar-refractivity contribution in [2.45, 2.75) is 24.9 Å². The number of aryl methyl sites for hydroxylation is 1. The summed E-state index contributed by atoms with van der Waals surface area (Å²) in [6.45, 7) is 1.94. The van der Waals surface area contributed by atoms with Gasteiger partial charge in [-0.1, -0.05) is 77.3 Å². The molecule has 0 saturated carbocycles. The normalized spacial score (nSPS) is 11.5. The van der Waals surface area contributed by atoms with Gasteiger partial charge in [0.05, 0.1) is 21.5 Å². The zero-order valence-electron chi connectivity index (χ0n) is 16.9. The highest BCUT2D eigenvalue weighted by Crippen LogP contribution is 2.25. The molecular weight excluding hydrogens is 455 g/mol. The third-order valence-corrected chi connectivity index (χ3v) is 7.20. The molecule has 31 heavy (non-hydrogen) atoms. The molecule has 0 saturated heterocycles. The number of hydrogen-bond donors (Lipinski definition) is 1. The van der Waals surface area contributed by atoms with E-state index in [-0.39, 0.29) is 18.0 Å². The fourth-order valence-electron chi connectivity index (χ4n) is 2.93. The molecule has 0 aliphatic carbocycles. The van der Waals surface area contributed by atoms with Gasteiger partial charge in [0.25, 0.3) is 0 Å². The number of benzene rings is 3. The second-order valence-corrected chi connectivity index (χ2v) is 9.85. The largest absolute Gasteiger partial charge is 0.351 e. The molecule has 0 aliphatic rings. The maximum Gasteiger partial charge on any atom is 0.243 e. The minimum absolute atomic E-state index is 0.0218. The molecule has 0 fully saturated rings. The van der Waals surface area contributed by atoms with Crippen LogP contribution in [-0.2, 0) is 27.9 Å². The lowest BCUT2D eigenvalue weighted by Gasteiger charge is -2.22. The van der Waals surface area contributed by atoms with Gasteiger partial charge in [0, 0.05) is 13.1 Å². The van der Waals surface area contributed by atoms with Gasteiger partial charge >= 0.3 is 0 Å². The van der Waals surface area contributed by atoms with Crippen LogP contribution in [0.25, 0.3) is 0 Å². The molecule has 3 rings (SSSR count). The van der Waals surface area contributed by atoms with Crippen molar-refractivity contribution < 1.29 is 13.2 Å². The molecule has 0 radical (unpaired) electrons. The van der Waals surface area contributed by atoms with Crippen LogP contribution in [0.15, 0.2) is 77.7 Å². The predicted octanol–water partition coefficient (Wildman–Crippen LogP) is 4.81. The lowest BCUT2D eigenvalue weighted by atomic mass is 10.1. The number of carbonyl (C=O) groups is 1. The fraction of sp³-hybridized carbons (Fsp3) is 0.174. The molecule has 0 atom stereocenters. The van der Waals surface area contributed by atoms with Gasteiger partial charge in [0.2, 0.25) is 15.9 Å². The van der Waals surface area contributed by atoms with Crippen LogP contribution in [0.2, 0.25) is 10.0 Å². The summed E-state index contributed by atoms with van der Waals surface area (Å²) in [5.41, 5.74) is 2.68. The summed E-state index contributed by atoms with van der Waals surface area (Å²) in [4.78, 5) is 12.7. The summed E-state index contributed by atoms with van der Waals surface area (Å²) in [5.74, 6) is -0.403. The van der Waals surface area contributed by atoms with Gasteiger partial charge < -0.3 is 5.32 Å². The Balaban J connectivity index is 1.80. The molecule has 1 N–H and O–H groups in total. The first-order valence-corrected chi connectivity index (χ1v) is 11.8. The minimum atomic E-state index is -3.91. The second kappa shape index (κ2) is 10.3. The summed E-state index contributed by atoms with van der Waals surface area (Å²) in [7, 11) is -3.91. The Kier molecular flexibility index (Phi) is 7.73. The average molecular weight is 477 g/mol. The van der Waals surface area contributed by atoms with E-state index in [0.29, 0.717) is 22.2 Å². The van der Waals surface area contributed by atoms with E-state index in [0.717, 1.165) is 15.4 Å². The van der Waals surface area contributed by atoms with Crippen LogP contribution in [-0.4, -0.2) is 25.2 Å². The number of amides is 1. The quantitative estimate of drug-likeness (QED) is 0.507. The Morgan fingerprint density at radius 3 is 2.19 bits per heavy atom. The molecule has 0 aliphatic heterocycles. The molecule has 5 nitrogen and oxygen atoms in total. The van der Waals surface area contributed by atoms with Crippen molar-refractivity contribution in [1.82, 2.24) is 9.62 Å². The predicted molar refractivity (Wildman–Crippen MR) is 124 cm³/mol. The van der Waals surface area contributed by atoms with Crippen molar-refractivity contribution in [1.29, 1.82) is 0 Å². The van der Waals surface area contributed by atoms with E-state index < -0.39 is 15.9 Å². The van der Waals surface area contributed by atoms with Crippen LogP contribution in [0.3, 0.4) is 0 Å². The first-order chi connectivity index (χ1) is 14.8. The summed E-state index contributed by atoms with van der Waals surface area (Å²) in [6.07, 6.45) is 0. The van der Waals surface area contributed by atoms with Gasteiger partial charge in [-0.3, -0.25) is 4.79 Å². The Hall–Kier alpha value is -2.38. The number of halogens is 2. The van der Waals surface area contributed by atoms with E-state index in [9.17, 15) is 13.2 Å². The van der Waals surface area contributed by atoms with Gasteiger partial charge in [-0.15, -0.1) is 0 Å². The molecule has 0 aromatic heterocycles. The smallest absolute Gasteiger partial charge is 0.243 e. The SMILES string of the molecule is Cc1ccc(CNC(=O)CN(Cc2ccc(Cl)c(Cl)c2)S(=O)(=O)c2ccccc2)cc1. The van der Waals surface area contributed by atoms with Crippen molar-refractivity contribution in [3.8, 4) is 0 Å². The lowest BCUT2D eigenvalue weighted by Crippen LogP contribution is -2.40. The average Bonchev–Trinajstić information content (AvgIpc) is 2.76. The highest BCUT2D eigenvalue weighted by Gasteiger charge is 2.27. The van der Waals surface area contributed by atoms with Crippen LogP contribution in [0.5, 0.6) is 0 Å². The monoisotopic (exact) mass is 476 g/mol.